The van der Waals surface area contributed by atoms with Gasteiger partial charge in [-0.1, -0.05) is 0 Å². The predicted octanol–water partition coefficient (Wildman–Crippen LogP) is 2.81. The van der Waals surface area contributed by atoms with Crippen LogP contribution < -0.4 is 9.47 Å². The molecule has 1 aliphatic rings. The molecular formula is C13H9N3O2S. The van der Waals surface area contributed by atoms with Gasteiger partial charge in [0.1, 0.15) is 0 Å². The molecule has 0 atom stereocenters. The van der Waals surface area contributed by atoms with Crippen molar-refractivity contribution in [3.05, 3.63) is 41.3 Å². The van der Waals surface area contributed by atoms with Crippen LogP contribution in [0, 0.1) is 4.77 Å². The van der Waals surface area contributed by atoms with E-state index in [1.165, 1.54) is 0 Å². The molecule has 0 aliphatic carbocycles. The number of H-pyrrole nitrogens is 1. The van der Waals surface area contributed by atoms with E-state index in [0.717, 1.165) is 28.4 Å². The fourth-order valence-corrected chi connectivity index (χ4v) is 2.51. The number of hydrogen-bond donors (Lipinski definition) is 1. The molecule has 4 rings (SSSR count). The summed E-state index contributed by atoms with van der Waals surface area (Å²) in [5.41, 5.74) is 2.61. The number of ether oxygens (including phenoxy) is 2. The highest BCUT2D eigenvalue weighted by Crippen LogP contribution is 2.34. The van der Waals surface area contributed by atoms with Crippen molar-refractivity contribution in [2.24, 2.45) is 0 Å². The van der Waals surface area contributed by atoms with Gasteiger partial charge >= 0.3 is 0 Å². The molecule has 0 radical (unpaired) electrons. The number of nitrogens with one attached hydrogen (secondary N) is 1. The molecule has 0 amide bonds. The number of rotatable bonds is 1. The van der Waals surface area contributed by atoms with Gasteiger partial charge in [0.05, 0.1) is 11.2 Å². The van der Waals surface area contributed by atoms with Crippen LogP contribution in [0.3, 0.4) is 0 Å². The van der Waals surface area contributed by atoms with Crippen molar-refractivity contribution >= 4 is 23.4 Å². The molecule has 2 aromatic heterocycles. The highest BCUT2D eigenvalue weighted by atomic mass is 32.1. The van der Waals surface area contributed by atoms with Gasteiger partial charge in [0, 0.05) is 12.3 Å². The molecule has 94 valence electrons. The van der Waals surface area contributed by atoms with E-state index in [9.17, 15) is 0 Å². The molecule has 19 heavy (non-hydrogen) atoms. The van der Waals surface area contributed by atoms with Gasteiger partial charge in [0.25, 0.3) is 0 Å². The zero-order valence-corrected chi connectivity index (χ0v) is 10.6. The fraction of sp³-hybridized carbons (Fsp3) is 0.0769. The summed E-state index contributed by atoms with van der Waals surface area (Å²) < 4.78 is 13.2. The predicted molar refractivity (Wildman–Crippen MR) is 72.4 cm³/mol. The van der Waals surface area contributed by atoms with Crippen LogP contribution in [0.5, 0.6) is 11.5 Å². The van der Waals surface area contributed by atoms with Crippen LogP contribution in [0.1, 0.15) is 0 Å². The number of nitrogens with zero attached hydrogens (tertiary/aromatic N) is 2. The van der Waals surface area contributed by atoms with Crippen LogP contribution in [0.4, 0.5) is 0 Å². The second-order valence-corrected chi connectivity index (χ2v) is 4.56. The Morgan fingerprint density at radius 3 is 3.05 bits per heavy atom. The molecule has 1 N–H and O–H groups in total. The largest absolute Gasteiger partial charge is 0.454 e. The Bertz CT molecular complexity index is 837. The summed E-state index contributed by atoms with van der Waals surface area (Å²) in [6.07, 6.45) is 1.74. The number of hydrogen-bond acceptors (Lipinski definition) is 4. The van der Waals surface area contributed by atoms with Crippen molar-refractivity contribution in [3.63, 3.8) is 0 Å². The number of imidazole rings is 1. The van der Waals surface area contributed by atoms with Crippen molar-refractivity contribution < 1.29 is 9.47 Å². The van der Waals surface area contributed by atoms with Crippen LogP contribution in [0.25, 0.3) is 16.9 Å². The van der Waals surface area contributed by atoms with Crippen molar-refractivity contribution in [2.45, 2.75) is 0 Å². The van der Waals surface area contributed by atoms with Gasteiger partial charge in [0.2, 0.25) is 6.79 Å². The summed E-state index contributed by atoms with van der Waals surface area (Å²) in [6.45, 7) is 0.260. The number of benzene rings is 1. The van der Waals surface area contributed by atoms with E-state index >= 15 is 0 Å². The molecule has 1 aromatic carbocycles. The maximum Gasteiger partial charge on any atom is 0.231 e. The van der Waals surface area contributed by atoms with Crippen LogP contribution in [-0.2, 0) is 0 Å². The molecule has 0 saturated heterocycles. The van der Waals surface area contributed by atoms with Crippen LogP contribution in [-0.4, -0.2) is 21.3 Å². The van der Waals surface area contributed by atoms with Gasteiger partial charge < -0.3 is 14.5 Å². The SMILES string of the molecule is S=c1[nH]c2cccnc2n1-c1ccc2c(c1)OCO2. The number of pyridine rings is 1. The molecular weight excluding hydrogens is 262 g/mol. The Morgan fingerprint density at radius 1 is 1.21 bits per heavy atom. The first-order valence-corrected chi connectivity index (χ1v) is 6.19. The second kappa shape index (κ2) is 3.83. The minimum Gasteiger partial charge on any atom is -0.454 e. The van der Waals surface area contributed by atoms with E-state index in [1.54, 1.807) is 6.20 Å². The lowest BCUT2D eigenvalue weighted by Gasteiger charge is -2.04. The minimum atomic E-state index is 0.260. The topological polar surface area (TPSA) is 52.1 Å². The van der Waals surface area contributed by atoms with Gasteiger partial charge in [0.15, 0.2) is 21.9 Å². The summed E-state index contributed by atoms with van der Waals surface area (Å²) in [5, 5.41) is 0. The summed E-state index contributed by atoms with van der Waals surface area (Å²) >= 11 is 5.36. The Hall–Kier alpha value is -2.34. The van der Waals surface area contributed by atoms with Gasteiger partial charge in [-0.25, -0.2) is 4.98 Å². The van der Waals surface area contributed by atoms with Crippen molar-refractivity contribution in [1.29, 1.82) is 0 Å². The summed E-state index contributed by atoms with van der Waals surface area (Å²) in [7, 11) is 0. The first-order valence-electron chi connectivity index (χ1n) is 5.79. The lowest BCUT2D eigenvalue weighted by Crippen LogP contribution is -1.95. The third-order valence-electron chi connectivity index (χ3n) is 3.06. The smallest absolute Gasteiger partial charge is 0.231 e. The molecule has 0 bridgehead atoms. The highest BCUT2D eigenvalue weighted by Gasteiger charge is 2.15. The normalized spacial score (nSPS) is 13.1. The molecule has 0 saturated carbocycles. The maximum absolute atomic E-state index is 5.39. The highest BCUT2D eigenvalue weighted by molar-refractivity contribution is 7.71. The Morgan fingerprint density at radius 2 is 2.11 bits per heavy atom. The Labute approximate surface area is 113 Å². The van der Waals surface area contributed by atoms with Crippen LogP contribution in [0.15, 0.2) is 36.5 Å². The third kappa shape index (κ3) is 1.53. The van der Waals surface area contributed by atoms with Crippen molar-refractivity contribution in [1.82, 2.24) is 14.5 Å². The molecule has 3 aromatic rings. The lowest BCUT2D eigenvalue weighted by molar-refractivity contribution is 0.174. The summed E-state index contributed by atoms with van der Waals surface area (Å²) in [5.74, 6) is 1.48. The quantitative estimate of drug-likeness (QED) is 0.691. The molecule has 1 aliphatic heterocycles. The fourth-order valence-electron chi connectivity index (χ4n) is 2.20. The zero-order valence-electron chi connectivity index (χ0n) is 9.79. The monoisotopic (exact) mass is 271 g/mol. The Balaban J connectivity index is 2.00. The van der Waals surface area contributed by atoms with E-state index in [4.69, 9.17) is 21.7 Å². The zero-order chi connectivity index (χ0) is 12.8. The molecule has 0 unspecified atom stereocenters. The van der Waals surface area contributed by atoms with E-state index in [1.807, 2.05) is 34.9 Å². The Kier molecular flexibility index (Phi) is 2.13. The van der Waals surface area contributed by atoms with E-state index < -0.39 is 0 Å². The van der Waals surface area contributed by atoms with Crippen molar-refractivity contribution in [3.8, 4) is 17.2 Å². The molecule has 3 heterocycles. The second-order valence-electron chi connectivity index (χ2n) is 4.18. The standard InChI is InChI=1S/C13H9N3O2S/c19-13-15-9-2-1-5-14-12(9)16(13)8-3-4-10-11(6-8)18-7-17-10/h1-6H,7H2,(H,15,19). The minimum absolute atomic E-state index is 0.260. The molecule has 5 nitrogen and oxygen atoms in total. The van der Waals surface area contributed by atoms with E-state index in [-0.39, 0.29) is 6.79 Å². The number of aromatic amines is 1. The van der Waals surface area contributed by atoms with Crippen LogP contribution in [0.2, 0.25) is 0 Å². The van der Waals surface area contributed by atoms with Crippen LogP contribution >= 0.6 is 12.2 Å². The molecule has 0 fully saturated rings. The number of fused-ring (bicyclic) bond motifs is 2. The number of aromatic nitrogens is 3. The van der Waals surface area contributed by atoms with Gasteiger partial charge in [-0.2, -0.15) is 0 Å². The maximum atomic E-state index is 5.39. The first-order chi connectivity index (χ1) is 9.33. The lowest BCUT2D eigenvalue weighted by atomic mass is 10.2. The van der Waals surface area contributed by atoms with Gasteiger partial charge in [-0.15, -0.1) is 0 Å². The van der Waals surface area contributed by atoms with E-state index in [2.05, 4.69) is 9.97 Å². The summed E-state index contributed by atoms with van der Waals surface area (Å²) in [4.78, 5) is 7.50. The van der Waals surface area contributed by atoms with Gasteiger partial charge in [-0.3, -0.25) is 4.57 Å². The van der Waals surface area contributed by atoms with Gasteiger partial charge in [-0.05, 0) is 36.5 Å². The average molecular weight is 271 g/mol. The molecule has 0 spiro atoms. The van der Waals surface area contributed by atoms with E-state index in [0.29, 0.717) is 4.77 Å². The first kappa shape index (κ1) is 10.6. The van der Waals surface area contributed by atoms with Crippen molar-refractivity contribution in [2.75, 3.05) is 6.79 Å². The summed E-state index contributed by atoms with van der Waals surface area (Å²) in [6, 6.07) is 9.53. The molecule has 6 heteroatoms. The average Bonchev–Trinajstić information content (AvgIpc) is 3.00. The third-order valence-corrected chi connectivity index (χ3v) is 3.34.